The number of methoxy groups -OCH3 is 2. The number of carboxylic acid groups (broad SMARTS) is 1. The van der Waals surface area contributed by atoms with Crippen molar-refractivity contribution in [3.8, 4) is 22.8 Å². The molecule has 3 N–H and O–H groups in total. The van der Waals surface area contributed by atoms with Crippen LogP contribution in [-0.2, 0) is 33.6 Å². The zero-order valence-corrected chi connectivity index (χ0v) is 26.4. The molecule has 47 heavy (non-hydrogen) atoms. The molecule has 2 aliphatic rings. The summed E-state index contributed by atoms with van der Waals surface area (Å²) in [5.41, 5.74) is 11.9. The number of aliphatic carboxylic acids is 1. The number of amides is 1. The Morgan fingerprint density at radius 2 is 1.40 bits per heavy atom. The molecule has 2 aliphatic heterocycles. The lowest BCUT2D eigenvalue weighted by Gasteiger charge is -2.28. The molecule has 2 aromatic heterocycles. The van der Waals surface area contributed by atoms with Crippen LogP contribution in [0, 0.1) is 0 Å². The van der Waals surface area contributed by atoms with Gasteiger partial charge in [0, 0.05) is 50.0 Å². The minimum atomic E-state index is -1.03. The van der Waals surface area contributed by atoms with E-state index in [0.717, 1.165) is 33.8 Å². The number of hydrogen-bond acceptors (Lipinski definition) is 11. The van der Waals surface area contributed by atoms with Crippen LogP contribution >= 0.6 is 0 Å². The highest BCUT2D eigenvalue weighted by Crippen LogP contribution is 2.39. The smallest absolute Gasteiger partial charge is 0.303 e. The summed E-state index contributed by atoms with van der Waals surface area (Å²) in [4.78, 5) is 47.8. The van der Waals surface area contributed by atoms with Gasteiger partial charge in [-0.15, -0.1) is 0 Å². The Bertz CT molecular complexity index is 1690. The van der Waals surface area contributed by atoms with Crippen molar-refractivity contribution in [2.24, 2.45) is 0 Å². The number of rotatable bonds is 11. The molecule has 244 valence electrons. The number of nitrogen functional groups attached to an aromatic ring is 1. The Morgan fingerprint density at radius 3 is 1.94 bits per heavy atom. The van der Waals surface area contributed by atoms with Crippen molar-refractivity contribution in [3.63, 3.8) is 0 Å². The highest BCUT2D eigenvalue weighted by Gasteiger charge is 2.33. The molecule has 0 spiro atoms. The highest BCUT2D eigenvalue weighted by atomic mass is 16.5. The van der Waals surface area contributed by atoms with Gasteiger partial charge in [0.05, 0.1) is 50.9 Å². The predicted molar refractivity (Wildman–Crippen MR) is 175 cm³/mol. The molecule has 0 atom stereocenters. The van der Waals surface area contributed by atoms with Gasteiger partial charge in [-0.2, -0.15) is 4.98 Å². The second kappa shape index (κ2) is 14.0. The van der Waals surface area contributed by atoms with Crippen LogP contribution in [0.25, 0.3) is 11.3 Å². The van der Waals surface area contributed by atoms with Crippen LogP contribution in [0.1, 0.15) is 40.9 Å². The Balaban J connectivity index is 1.53. The number of morpholine rings is 1. The normalized spacial score (nSPS) is 14.2. The molecule has 4 heterocycles. The van der Waals surface area contributed by atoms with E-state index < -0.39 is 5.97 Å². The average Bonchev–Trinajstić information content (AvgIpc) is 3.52. The third kappa shape index (κ3) is 7.09. The third-order valence-corrected chi connectivity index (χ3v) is 8.34. The van der Waals surface area contributed by atoms with E-state index in [2.05, 4.69) is 0 Å². The monoisotopic (exact) mass is 639 g/mol. The molecule has 0 radical (unpaired) electrons. The highest BCUT2D eigenvalue weighted by molar-refractivity contribution is 5.97. The van der Waals surface area contributed by atoms with E-state index >= 15 is 0 Å². The van der Waals surface area contributed by atoms with Crippen LogP contribution in [-0.4, -0.2) is 84.0 Å². The fraction of sp³-hybridized carbons (Fsp3) is 0.353. The summed E-state index contributed by atoms with van der Waals surface area (Å²) < 4.78 is 16.3. The van der Waals surface area contributed by atoms with E-state index in [1.165, 1.54) is 0 Å². The number of anilines is 3. The molecule has 0 aliphatic carbocycles. The largest absolute Gasteiger partial charge is 0.497 e. The van der Waals surface area contributed by atoms with Gasteiger partial charge in [-0.3, -0.25) is 14.5 Å². The standard InChI is InChI=1S/C34H37N7O6/c1-45-23-7-3-21(4-8-23)19-26-30(27(37-33(35)36-26)20-22-5-9-24(46-2)10-6-22)31-25-13-14-41(28(42)11-12-29(43)44)32(25)39-34(38-31)40-15-17-47-18-16-40/h3-10H,11-20H2,1-2H3,(H,43,44)(H2,35,36,37). The fourth-order valence-electron chi connectivity index (χ4n) is 5.93. The summed E-state index contributed by atoms with van der Waals surface area (Å²) in [6, 6.07) is 15.5. The average molecular weight is 640 g/mol. The van der Waals surface area contributed by atoms with E-state index in [1.54, 1.807) is 19.1 Å². The van der Waals surface area contributed by atoms with Crippen LogP contribution < -0.4 is 25.0 Å². The number of nitrogens with two attached hydrogens (primary N) is 1. The quantitative estimate of drug-likeness (QED) is 0.246. The van der Waals surface area contributed by atoms with Crippen molar-refractivity contribution in [2.75, 3.05) is 62.6 Å². The lowest BCUT2D eigenvalue weighted by molar-refractivity contribution is -0.138. The van der Waals surface area contributed by atoms with Crippen molar-refractivity contribution >= 4 is 29.6 Å². The summed E-state index contributed by atoms with van der Waals surface area (Å²) in [7, 11) is 3.25. The first-order valence-electron chi connectivity index (χ1n) is 15.5. The zero-order valence-electron chi connectivity index (χ0n) is 26.4. The van der Waals surface area contributed by atoms with Crippen LogP contribution in [0.15, 0.2) is 48.5 Å². The van der Waals surface area contributed by atoms with E-state index in [9.17, 15) is 14.7 Å². The maximum Gasteiger partial charge on any atom is 0.303 e. The van der Waals surface area contributed by atoms with Gasteiger partial charge in [0.1, 0.15) is 17.3 Å². The maximum atomic E-state index is 13.3. The van der Waals surface area contributed by atoms with E-state index in [-0.39, 0.29) is 24.7 Å². The lowest BCUT2D eigenvalue weighted by atomic mass is 9.95. The molecule has 6 rings (SSSR count). The molecule has 13 nitrogen and oxygen atoms in total. The van der Waals surface area contributed by atoms with Crippen molar-refractivity contribution < 1.29 is 28.9 Å². The minimum absolute atomic E-state index is 0.128. The van der Waals surface area contributed by atoms with Crippen molar-refractivity contribution in [3.05, 3.63) is 76.6 Å². The summed E-state index contributed by atoms with van der Waals surface area (Å²) in [5, 5.41) is 9.24. The number of benzene rings is 2. The van der Waals surface area contributed by atoms with Crippen molar-refractivity contribution in [2.45, 2.75) is 32.1 Å². The number of ether oxygens (including phenoxy) is 3. The lowest BCUT2D eigenvalue weighted by Crippen LogP contribution is -2.38. The van der Waals surface area contributed by atoms with Gasteiger partial charge in [-0.05, 0) is 41.8 Å². The van der Waals surface area contributed by atoms with Crippen LogP contribution in [0.2, 0.25) is 0 Å². The van der Waals surface area contributed by atoms with Gasteiger partial charge in [-0.25, -0.2) is 15.0 Å². The second-order valence-electron chi connectivity index (χ2n) is 11.4. The molecule has 2 aromatic carbocycles. The van der Waals surface area contributed by atoms with Crippen LogP contribution in [0.5, 0.6) is 11.5 Å². The number of carboxylic acids is 1. The number of carbonyl (C=O) groups is 2. The zero-order chi connectivity index (χ0) is 32.9. The number of carbonyl (C=O) groups excluding carboxylic acids is 1. The summed E-state index contributed by atoms with van der Waals surface area (Å²) >= 11 is 0. The van der Waals surface area contributed by atoms with Gasteiger partial charge in [-0.1, -0.05) is 24.3 Å². The first-order chi connectivity index (χ1) is 22.8. The molecule has 0 unspecified atom stereocenters. The third-order valence-electron chi connectivity index (χ3n) is 8.34. The number of fused-ring (bicyclic) bond motifs is 1. The van der Waals surface area contributed by atoms with Gasteiger partial charge >= 0.3 is 5.97 Å². The molecular formula is C34H37N7O6. The summed E-state index contributed by atoms with van der Waals surface area (Å²) in [6.45, 7) is 2.57. The molecule has 1 fully saturated rings. The van der Waals surface area contributed by atoms with Crippen molar-refractivity contribution in [1.82, 2.24) is 19.9 Å². The van der Waals surface area contributed by atoms with E-state index in [1.807, 2.05) is 53.4 Å². The first kappa shape index (κ1) is 31.7. The second-order valence-corrected chi connectivity index (χ2v) is 11.4. The van der Waals surface area contributed by atoms with Gasteiger partial charge in [0.2, 0.25) is 17.8 Å². The van der Waals surface area contributed by atoms with Crippen LogP contribution in [0.4, 0.5) is 17.7 Å². The summed E-state index contributed by atoms with van der Waals surface area (Å²) in [6.07, 6.45) is 0.977. The molecule has 1 amide bonds. The number of nitrogens with zero attached hydrogens (tertiary/aromatic N) is 6. The molecule has 0 bridgehead atoms. The topological polar surface area (TPSA) is 166 Å². The Labute approximate surface area is 272 Å². The number of hydrogen-bond donors (Lipinski definition) is 2. The molecule has 13 heteroatoms. The Hall–Kier alpha value is -5.30. The van der Waals surface area contributed by atoms with E-state index in [4.69, 9.17) is 39.9 Å². The van der Waals surface area contributed by atoms with Gasteiger partial charge in [0.15, 0.2) is 0 Å². The molecule has 1 saturated heterocycles. The van der Waals surface area contributed by atoms with Crippen LogP contribution in [0.3, 0.4) is 0 Å². The van der Waals surface area contributed by atoms with E-state index in [0.29, 0.717) is 81.0 Å². The van der Waals surface area contributed by atoms with Gasteiger partial charge < -0.3 is 30.0 Å². The molecule has 0 saturated carbocycles. The number of aromatic nitrogens is 4. The minimum Gasteiger partial charge on any atom is -0.497 e. The molecular weight excluding hydrogens is 602 g/mol. The van der Waals surface area contributed by atoms with Crippen molar-refractivity contribution in [1.29, 1.82) is 0 Å². The Morgan fingerprint density at radius 1 is 0.830 bits per heavy atom. The predicted octanol–water partition coefficient (Wildman–Crippen LogP) is 3.31. The first-order valence-corrected chi connectivity index (χ1v) is 15.5. The SMILES string of the molecule is COc1ccc(Cc2nc(N)nc(Cc3ccc(OC)cc3)c2-c2nc(N3CCOCC3)nc3c2CCN3C(=O)CCC(=O)O)cc1. The summed E-state index contributed by atoms with van der Waals surface area (Å²) in [5.74, 6) is 1.25. The Kier molecular flexibility index (Phi) is 9.43. The fourth-order valence-corrected chi connectivity index (χ4v) is 5.93. The maximum absolute atomic E-state index is 13.3. The van der Waals surface area contributed by atoms with Gasteiger partial charge in [0.25, 0.3) is 0 Å². The molecule has 4 aromatic rings.